The monoisotopic (exact) mass is 354 g/mol. The van der Waals surface area contributed by atoms with Gasteiger partial charge in [-0.15, -0.1) is 23.1 Å². The number of rotatable bonds is 6. The third-order valence-electron chi connectivity index (χ3n) is 3.42. The molecule has 5 heteroatoms. The maximum absolute atomic E-state index is 12.8. The average Bonchev–Trinajstić information content (AvgIpc) is 3.04. The molecule has 0 saturated heterocycles. The zero-order chi connectivity index (χ0) is 16.8. The molecule has 0 spiro atoms. The van der Waals surface area contributed by atoms with Crippen LogP contribution in [-0.2, 0) is 11.3 Å². The number of hydrogen-bond acceptors (Lipinski definition) is 4. The fourth-order valence-electron chi connectivity index (χ4n) is 2.28. The topological polar surface area (TPSA) is 42.0 Å². The molecule has 24 heavy (non-hydrogen) atoms. The van der Waals surface area contributed by atoms with Crippen LogP contribution in [0.1, 0.15) is 21.5 Å². The lowest BCUT2D eigenvalue weighted by atomic mass is 10.1. The smallest absolute Gasteiger partial charge is 0.238 e. The van der Waals surface area contributed by atoms with Gasteiger partial charge in [0.1, 0.15) is 10.3 Å². The van der Waals surface area contributed by atoms with Gasteiger partial charge in [-0.05, 0) is 24.6 Å². The lowest BCUT2D eigenvalue weighted by molar-refractivity contribution is -0.120. The van der Waals surface area contributed by atoms with E-state index in [9.17, 15) is 4.79 Å². The zero-order valence-corrected chi connectivity index (χ0v) is 14.9. The van der Waals surface area contributed by atoms with E-state index in [2.05, 4.69) is 10.3 Å². The van der Waals surface area contributed by atoms with E-state index in [0.717, 1.165) is 21.2 Å². The SMILES string of the molecule is Cc1csc(CNC(=O)[C@H](Sc2ccccc2)c2ccccc2)n1. The summed E-state index contributed by atoms with van der Waals surface area (Å²) in [7, 11) is 0. The summed E-state index contributed by atoms with van der Waals surface area (Å²) in [4.78, 5) is 18.2. The maximum Gasteiger partial charge on any atom is 0.238 e. The molecule has 3 nitrogen and oxygen atoms in total. The Hall–Kier alpha value is -2.11. The Morgan fingerprint density at radius 3 is 2.42 bits per heavy atom. The molecular formula is C19H18N2OS2. The number of thioether (sulfide) groups is 1. The Labute approximate surface area is 150 Å². The first-order valence-electron chi connectivity index (χ1n) is 7.68. The van der Waals surface area contributed by atoms with E-state index in [4.69, 9.17) is 0 Å². The number of benzene rings is 2. The Morgan fingerprint density at radius 2 is 1.79 bits per heavy atom. The summed E-state index contributed by atoms with van der Waals surface area (Å²) in [6.45, 7) is 2.43. The standard InChI is InChI=1S/C19H18N2OS2/c1-14-13-23-17(21-14)12-20-19(22)18(15-8-4-2-5-9-15)24-16-10-6-3-7-11-16/h2-11,13,18H,12H2,1H3,(H,20,22)/t18-/m1/s1. The summed E-state index contributed by atoms with van der Waals surface area (Å²) >= 11 is 3.13. The summed E-state index contributed by atoms with van der Waals surface area (Å²) in [5, 5.41) is 5.66. The van der Waals surface area contributed by atoms with Crippen LogP contribution in [0.15, 0.2) is 70.9 Å². The van der Waals surface area contributed by atoms with Gasteiger partial charge < -0.3 is 5.32 Å². The molecule has 0 unspecified atom stereocenters. The van der Waals surface area contributed by atoms with Crippen molar-refractivity contribution in [2.45, 2.75) is 23.6 Å². The number of nitrogens with zero attached hydrogens (tertiary/aromatic N) is 1. The first-order chi connectivity index (χ1) is 11.7. The molecule has 0 aliphatic carbocycles. The third-order valence-corrected chi connectivity index (χ3v) is 5.65. The summed E-state index contributed by atoms with van der Waals surface area (Å²) in [5.74, 6) is 0.00269. The van der Waals surface area contributed by atoms with Crippen LogP contribution in [0.3, 0.4) is 0 Å². The number of hydrogen-bond donors (Lipinski definition) is 1. The number of thiazole rings is 1. The predicted molar refractivity (Wildman–Crippen MR) is 100 cm³/mol. The van der Waals surface area contributed by atoms with E-state index in [0.29, 0.717) is 6.54 Å². The second kappa shape index (κ2) is 8.13. The summed E-state index contributed by atoms with van der Waals surface area (Å²) in [6.07, 6.45) is 0. The van der Waals surface area contributed by atoms with Gasteiger partial charge in [0.05, 0.1) is 6.54 Å². The largest absolute Gasteiger partial charge is 0.348 e. The highest BCUT2D eigenvalue weighted by atomic mass is 32.2. The number of amides is 1. The lowest BCUT2D eigenvalue weighted by Gasteiger charge is -2.16. The van der Waals surface area contributed by atoms with Crippen LogP contribution in [0.25, 0.3) is 0 Å². The molecule has 0 saturated carbocycles. The van der Waals surface area contributed by atoms with Crippen molar-refractivity contribution in [1.29, 1.82) is 0 Å². The van der Waals surface area contributed by atoms with E-state index >= 15 is 0 Å². The highest BCUT2D eigenvalue weighted by Crippen LogP contribution is 2.35. The van der Waals surface area contributed by atoms with Gasteiger partial charge in [-0.2, -0.15) is 0 Å². The third kappa shape index (κ3) is 4.46. The first-order valence-corrected chi connectivity index (χ1v) is 9.43. The van der Waals surface area contributed by atoms with Gasteiger partial charge >= 0.3 is 0 Å². The Morgan fingerprint density at radius 1 is 1.12 bits per heavy atom. The van der Waals surface area contributed by atoms with Crippen LogP contribution < -0.4 is 5.32 Å². The van der Waals surface area contributed by atoms with Crippen LogP contribution in [0.4, 0.5) is 0 Å². The van der Waals surface area contributed by atoms with Gasteiger partial charge in [-0.25, -0.2) is 4.98 Å². The number of nitrogens with one attached hydrogen (secondary N) is 1. The van der Waals surface area contributed by atoms with Crippen LogP contribution >= 0.6 is 23.1 Å². The summed E-state index contributed by atoms with van der Waals surface area (Å²) in [5.41, 5.74) is 1.99. The number of carbonyl (C=O) groups is 1. The van der Waals surface area contributed by atoms with Gasteiger partial charge in [-0.1, -0.05) is 48.5 Å². The van der Waals surface area contributed by atoms with E-state index in [1.165, 1.54) is 0 Å². The molecule has 1 amide bonds. The first kappa shape index (κ1) is 16.7. The molecule has 2 aromatic carbocycles. The van der Waals surface area contributed by atoms with Crippen molar-refractivity contribution in [3.8, 4) is 0 Å². The van der Waals surface area contributed by atoms with E-state index in [1.54, 1.807) is 23.1 Å². The van der Waals surface area contributed by atoms with Gasteiger partial charge in [0.2, 0.25) is 5.91 Å². The fraction of sp³-hybridized carbons (Fsp3) is 0.158. The molecule has 1 N–H and O–H groups in total. The summed E-state index contributed by atoms with van der Waals surface area (Å²) < 4.78 is 0. The van der Waals surface area contributed by atoms with E-state index in [1.807, 2.05) is 73.0 Å². The Balaban J connectivity index is 1.74. The summed E-state index contributed by atoms with van der Waals surface area (Å²) in [6, 6.07) is 19.9. The molecule has 3 aromatic rings. The lowest BCUT2D eigenvalue weighted by Crippen LogP contribution is -2.27. The van der Waals surface area contributed by atoms with Crippen molar-refractivity contribution < 1.29 is 4.79 Å². The van der Waals surface area contributed by atoms with Crippen molar-refractivity contribution in [2.24, 2.45) is 0 Å². The minimum atomic E-state index is -0.283. The van der Waals surface area contributed by atoms with Crippen LogP contribution in [0, 0.1) is 6.92 Å². The van der Waals surface area contributed by atoms with Gasteiger partial charge in [0.25, 0.3) is 0 Å². The second-order valence-corrected chi connectivity index (χ2v) is 7.44. The maximum atomic E-state index is 12.8. The van der Waals surface area contributed by atoms with Gasteiger partial charge in [-0.3, -0.25) is 4.79 Å². The molecule has 0 bridgehead atoms. The Kier molecular flexibility index (Phi) is 5.67. The molecule has 0 fully saturated rings. The molecule has 1 heterocycles. The molecule has 1 atom stereocenters. The minimum absolute atomic E-state index is 0.00269. The quantitative estimate of drug-likeness (QED) is 0.658. The van der Waals surface area contributed by atoms with Crippen molar-refractivity contribution >= 4 is 29.0 Å². The molecule has 0 aliphatic rings. The van der Waals surface area contributed by atoms with Crippen molar-refractivity contribution in [3.63, 3.8) is 0 Å². The highest BCUT2D eigenvalue weighted by molar-refractivity contribution is 8.00. The van der Waals surface area contributed by atoms with Crippen LogP contribution in [0.2, 0.25) is 0 Å². The van der Waals surface area contributed by atoms with E-state index < -0.39 is 0 Å². The van der Waals surface area contributed by atoms with Crippen molar-refractivity contribution in [3.05, 3.63) is 82.3 Å². The minimum Gasteiger partial charge on any atom is -0.348 e. The fourth-order valence-corrected chi connectivity index (χ4v) is 4.06. The normalized spacial score (nSPS) is 11.9. The molecule has 0 radical (unpaired) electrons. The Bertz CT molecular complexity index is 787. The second-order valence-electron chi connectivity index (χ2n) is 5.32. The number of carbonyl (C=O) groups excluding carboxylic acids is 1. The van der Waals surface area contributed by atoms with E-state index in [-0.39, 0.29) is 11.2 Å². The molecule has 1 aromatic heterocycles. The molecule has 122 valence electrons. The number of aromatic nitrogens is 1. The van der Waals surface area contributed by atoms with Crippen molar-refractivity contribution in [1.82, 2.24) is 10.3 Å². The highest BCUT2D eigenvalue weighted by Gasteiger charge is 2.21. The van der Waals surface area contributed by atoms with Gasteiger partial charge in [0.15, 0.2) is 0 Å². The van der Waals surface area contributed by atoms with Crippen LogP contribution in [-0.4, -0.2) is 10.9 Å². The average molecular weight is 355 g/mol. The van der Waals surface area contributed by atoms with Crippen molar-refractivity contribution in [2.75, 3.05) is 0 Å². The zero-order valence-electron chi connectivity index (χ0n) is 13.3. The molecule has 3 rings (SSSR count). The van der Waals surface area contributed by atoms with Crippen LogP contribution in [0.5, 0.6) is 0 Å². The number of aryl methyl sites for hydroxylation is 1. The van der Waals surface area contributed by atoms with Gasteiger partial charge in [0, 0.05) is 16.0 Å². The molecule has 0 aliphatic heterocycles. The molecular weight excluding hydrogens is 336 g/mol. The predicted octanol–water partition coefficient (Wildman–Crippen LogP) is 4.60.